The highest BCUT2D eigenvalue weighted by molar-refractivity contribution is 5.52. The van der Waals surface area contributed by atoms with E-state index in [4.69, 9.17) is 9.47 Å². The van der Waals surface area contributed by atoms with Gasteiger partial charge >= 0.3 is 0 Å². The summed E-state index contributed by atoms with van der Waals surface area (Å²) < 4.78 is 36.7. The normalized spacial score (nSPS) is 17.1. The van der Waals surface area contributed by atoms with Crippen molar-refractivity contribution in [3.05, 3.63) is 23.3 Å². The molecule has 5 heteroatoms. The Kier molecular flexibility index (Phi) is 2.50. The smallest absolute Gasteiger partial charge is 0.197 e. The molecule has 0 amide bonds. The molecule has 0 atom stereocenters. The van der Waals surface area contributed by atoms with Crippen LogP contribution in [0.15, 0.2) is 6.07 Å². The highest BCUT2D eigenvalue weighted by Crippen LogP contribution is 2.52. The van der Waals surface area contributed by atoms with Crippen molar-refractivity contribution in [2.45, 2.75) is 18.4 Å². The number of hydrogen-bond acceptors (Lipinski definition) is 3. The molecule has 88 valence electrons. The summed E-state index contributed by atoms with van der Waals surface area (Å²) in [6, 6.07) is 0.701. The Morgan fingerprint density at radius 3 is 2.12 bits per heavy atom. The van der Waals surface area contributed by atoms with E-state index in [-0.39, 0.29) is 17.1 Å². The van der Waals surface area contributed by atoms with Crippen LogP contribution in [0.5, 0.6) is 11.5 Å². The van der Waals surface area contributed by atoms with E-state index in [0.717, 1.165) is 0 Å². The molecule has 0 saturated heterocycles. The van der Waals surface area contributed by atoms with Gasteiger partial charge < -0.3 is 14.6 Å². The molecule has 0 spiro atoms. The fourth-order valence-electron chi connectivity index (χ4n) is 1.77. The number of aliphatic hydroxyl groups is 1. The average Bonchev–Trinajstić information content (AvgIpc) is 2.95. The second kappa shape index (κ2) is 3.59. The summed E-state index contributed by atoms with van der Waals surface area (Å²) in [6.07, 6.45) is 0.879. The Balaban J connectivity index is 2.66. The number of halogens is 2. The summed E-state index contributed by atoms with van der Waals surface area (Å²) in [4.78, 5) is 0. The molecule has 0 heterocycles. The third-order valence-electron chi connectivity index (χ3n) is 2.74. The minimum atomic E-state index is -1.24. The molecule has 2 rings (SSSR count). The van der Waals surface area contributed by atoms with Crippen molar-refractivity contribution in [2.24, 2.45) is 0 Å². The van der Waals surface area contributed by atoms with Gasteiger partial charge in [0.05, 0.1) is 25.4 Å². The monoisotopic (exact) mass is 230 g/mol. The first-order valence-corrected chi connectivity index (χ1v) is 4.86. The highest BCUT2D eigenvalue weighted by atomic mass is 19.1. The number of ether oxygens (including phenoxy) is 2. The van der Waals surface area contributed by atoms with Crippen LogP contribution in [0.4, 0.5) is 8.78 Å². The van der Waals surface area contributed by atoms with Gasteiger partial charge in [0.1, 0.15) is 5.82 Å². The van der Waals surface area contributed by atoms with Crippen molar-refractivity contribution in [3.63, 3.8) is 0 Å². The van der Waals surface area contributed by atoms with E-state index in [9.17, 15) is 13.9 Å². The topological polar surface area (TPSA) is 38.7 Å². The number of benzene rings is 1. The second-order valence-corrected chi connectivity index (χ2v) is 3.81. The molecule has 1 N–H and O–H groups in total. The van der Waals surface area contributed by atoms with E-state index in [1.807, 2.05) is 0 Å². The Morgan fingerprint density at radius 1 is 1.12 bits per heavy atom. The van der Waals surface area contributed by atoms with Gasteiger partial charge in [-0.15, -0.1) is 0 Å². The molecular formula is C11H12F2O3. The molecule has 1 fully saturated rings. The lowest BCUT2D eigenvalue weighted by Gasteiger charge is -2.17. The van der Waals surface area contributed by atoms with Crippen molar-refractivity contribution in [1.29, 1.82) is 0 Å². The Bertz CT molecular complexity index is 428. The fourth-order valence-corrected chi connectivity index (χ4v) is 1.77. The Morgan fingerprint density at radius 2 is 1.69 bits per heavy atom. The molecular weight excluding hydrogens is 218 g/mol. The first-order chi connectivity index (χ1) is 7.53. The van der Waals surface area contributed by atoms with Gasteiger partial charge in [-0.1, -0.05) is 0 Å². The molecule has 0 aliphatic heterocycles. The van der Waals surface area contributed by atoms with Crippen molar-refractivity contribution in [1.82, 2.24) is 0 Å². The number of rotatable bonds is 3. The molecule has 0 radical (unpaired) electrons. The molecule has 16 heavy (non-hydrogen) atoms. The SMILES string of the molecule is COc1c(F)cc(F)c(C2(O)CC2)c1OC. The predicted octanol–water partition coefficient (Wildman–Crippen LogP) is 1.96. The zero-order chi connectivity index (χ0) is 11.9. The second-order valence-electron chi connectivity index (χ2n) is 3.81. The molecule has 3 nitrogen and oxygen atoms in total. The summed E-state index contributed by atoms with van der Waals surface area (Å²) in [5.74, 6) is -1.90. The quantitative estimate of drug-likeness (QED) is 0.862. The van der Waals surface area contributed by atoms with E-state index in [1.165, 1.54) is 14.2 Å². The first-order valence-electron chi connectivity index (χ1n) is 4.86. The van der Waals surface area contributed by atoms with Gasteiger partial charge in [0.15, 0.2) is 17.3 Å². The maximum atomic E-state index is 13.6. The average molecular weight is 230 g/mol. The van der Waals surface area contributed by atoms with Crippen LogP contribution in [0.1, 0.15) is 18.4 Å². The third-order valence-corrected chi connectivity index (χ3v) is 2.74. The van der Waals surface area contributed by atoms with E-state index in [1.54, 1.807) is 0 Å². The van der Waals surface area contributed by atoms with Gasteiger partial charge in [-0.3, -0.25) is 0 Å². The molecule has 1 aliphatic rings. The standard InChI is InChI=1S/C11H12F2O3/c1-15-9-7(13)5-6(12)8(10(9)16-2)11(14)3-4-11/h5,14H,3-4H2,1-2H3. The summed E-state index contributed by atoms with van der Waals surface area (Å²) in [7, 11) is 2.55. The van der Waals surface area contributed by atoms with E-state index < -0.39 is 17.2 Å². The Labute approximate surface area is 91.6 Å². The molecule has 0 aromatic heterocycles. The predicted molar refractivity (Wildman–Crippen MR) is 52.6 cm³/mol. The summed E-state index contributed by atoms with van der Waals surface area (Å²) in [5, 5.41) is 9.91. The van der Waals surface area contributed by atoms with Gasteiger partial charge in [-0.05, 0) is 12.8 Å². The van der Waals surface area contributed by atoms with Crippen molar-refractivity contribution in [3.8, 4) is 11.5 Å². The number of methoxy groups -OCH3 is 2. The van der Waals surface area contributed by atoms with E-state index >= 15 is 0 Å². The Hall–Kier alpha value is -1.36. The van der Waals surface area contributed by atoms with Crippen LogP contribution < -0.4 is 9.47 Å². The molecule has 1 aromatic carbocycles. The maximum absolute atomic E-state index is 13.6. The number of hydrogen-bond donors (Lipinski definition) is 1. The maximum Gasteiger partial charge on any atom is 0.197 e. The van der Waals surface area contributed by atoms with E-state index in [0.29, 0.717) is 18.9 Å². The zero-order valence-electron chi connectivity index (χ0n) is 9.01. The van der Waals surface area contributed by atoms with Crippen LogP contribution in [0.3, 0.4) is 0 Å². The first kappa shape index (κ1) is 11.1. The van der Waals surface area contributed by atoms with E-state index in [2.05, 4.69) is 0 Å². The summed E-state index contributed by atoms with van der Waals surface area (Å²) in [5.41, 5.74) is -1.26. The lowest BCUT2D eigenvalue weighted by Crippen LogP contribution is -2.11. The van der Waals surface area contributed by atoms with Crippen LogP contribution in [-0.2, 0) is 5.60 Å². The van der Waals surface area contributed by atoms with Crippen LogP contribution in [0, 0.1) is 11.6 Å². The molecule has 1 aliphatic carbocycles. The molecule has 1 aromatic rings. The highest BCUT2D eigenvalue weighted by Gasteiger charge is 2.47. The van der Waals surface area contributed by atoms with Crippen LogP contribution >= 0.6 is 0 Å². The fraction of sp³-hybridized carbons (Fsp3) is 0.455. The lowest BCUT2D eigenvalue weighted by molar-refractivity contribution is 0.141. The van der Waals surface area contributed by atoms with Gasteiger partial charge in [-0.25, -0.2) is 8.78 Å². The van der Waals surface area contributed by atoms with Gasteiger partial charge in [-0.2, -0.15) is 0 Å². The zero-order valence-corrected chi connectivity index (χ0v) is 9.01. The molecule has 0 bridgehead atoms. The minimum Gasteiger partial charge on any atom is -0.492 e. The van der Waals surface area contributed by atoms with Gasteiger partial charge in [0, 0.05) is 6.07 Å². The summed E-state index contributed by atoms with van der Waals surface area (Å²) in [6.45, 7) is 0. The van der Waals surface area contributed by atoms with Crippen molar-refractivity contribution < 1.29 is 23.4 Å². The van der Waals surface area contributed by atoms with Crippen LogP contribution in [0.2, 0.25) is 0 Å². The largest absolute Gasteiger partial charge is 0.492 e. The lowest BCUT2D eigenvalue weighted by atomic mass is 10.0. The van der Waals surface area contributed by atoms with Gasteiger partial charge in [0.2, 0.25) is 0 Å². The van der Waals surface area contributed by atoms with Crippen LogP contribution in [0.25, 0.3) is 0 Å². The van der Waals surface area contributed by atoms with Crippen molar-refractivity contribution >= 4 is 0 Å². The minimum absolute atomic E-state index is 0.0201. The summed E-state index contributed by atoms with van der Waals surface area (Å²) >= 11 is 0. The van der Waals surface area contributed by atoms with Gasteiger partial charge in [0.25, 0.3) is 0 Å². The van der Waals surface area contributed by atoms with Crippen molar-refractivity contribution in [2.75, 3.05) is 14.2 Å². The molecule has 0 unspecified atom stereocenters. The molecule has 1 saturated carbocycles. The third kappa shape index (κ3) is 1.51. The van der Waals surface area contributed by atoms with Crippen LogP contribution in [-0.4, -0.2) is 19.3 Å².